The van der Waals surface area contributed by atoms with E-state index in [-0.39, 0.29) is 18.6 Å². The van der Waals surface area contributed by atoms with Gasteiger partial charge in [0.05, 0.1) is 13.2 Å². The summed E-state index contributed by atoms with van der Waals surface area (Å²) in [4.78, 5) is 18.5. The quantitative estimate of drug-likeness (QED) is 0.368. The summed E-state index contributed by atoms with van der Waals surface area (Å²) in [7, 11) is 1.64. The number of carbonyl (C=O) groups excluding carboxylic acids is 1. The topological polar surface area (TPSA) is 54.6 Å². The third-order valence-corrected chi connectivity index (χ3v) is 5.75. The molecule has 1 atom stereocenters. The smallest absolute Gasteiger partial charge is 0.261 e. The van der Waals surface area contributed by atoms with E-state index in [4.69, 9.17) is 21.1 Å². The number of halogens is 1. The molecule has 0 radical (unpaired) electrons. The van der Waals surface area contributed by atoms with Crippen molar-refractivity contribution in [3.05, 3.63) is 95.1 Å². The van der Waals surface area contributed by atoms with E-state index in [1.807, 2.05) is 60.5 Å². The van der Waals surface area contributed by atoms with E-state index in [0.717, 1.165) is 27.8 Å². The summed E-state index contributed by atoms with van der Waals surface area (Å²) in [5.41, 5.74) is 3.06. The van der Waals surface area contributed by atoms with Crippen LogP contribution in [0.25, 0.3) is 10.9 Å². The number of para-hydroxylation sites is 1. The zero-order chi connectivity index (χ0) is 22.5. The van der Waals surface area contributed by atoms with Crippen LogP contribution in [0.3, 0.4) is 0 Å². The van der Waals surface area contributed by atoms with Gasteiger partial charge < -0.3 is 19.4 Å². The van der Waals surface area contributed by atoms with Crippen LogP contribution in [-0.4, -0.2) is 36.1 Å². The maximum atomic E-state index is 13.3. The molecule has 6 heteroatoms. The highest BCUT2D eigenvalue weighted by Crippen LogP contribution is 2.34. The SMILES string of the molecule is CCN(C(=O)COc1ccc(Cl)cc1)[C@@H](c1ccc(OC)cc1)c1c[nH]c2ccccc12. The summed E-state index contributed by atoms with van der Waals surface area (Å²) in [6.07, 6.45) is 1.98. The summed E-state index contributed by atoms with van der Waals surface area (Å²) in [6.45, 7) is 2.44. The maximum Gasteiger partial charge on any atom is 0.261 e. The molecule has 3 aromatic carbocycles. The fraction of sp³-hybridized carbons (Fsp3) is 0.192. The van der Waals surface area contributed by atoms with Gasteiger partial charge >= 0.3 is 0 Å². The van der Waals surface area contributed by atoms with Crippen molar-refractivity contribution < 1.29 is 14.3 Å². The van der Waals surface area contributed by atoms with Crippen molar-refractivity contribution in [1.29, 1.82) is 0 Å². The zero-order valence-electron chi connectivity index (χ0n) is 18.0. The second kappa shape index (κ2) is 9.79. The van der Waals surface area contributed by atoms with Crippen molar-refractivity contribution in [1.82, 2.24) is 9.88 Å². The van der Waals surface area contributed by atoms with E-state index >= 15 is 0 Å². The van der Waals surface area contributed by atoms with E-state index in [9.17, 15) is 4.79 Å². The zero-order valence-corrected chi connectivity index (χ0v) is 18.8. The number of amides is 1. The Labute approximate surface area is 192 Å². The molecular weight excluding hydrogens is 424 g/mol. The predicted octanol–water partition coefficient (Wildman–Crippen LogP) is 5.85. The summed E-state index contributed by atoms with van der Waals surface area (Å²) < 4.78 is 11.1. The first-order valence-corrected chi connectivity index (χ1v) is 10.9. The molecule has 0 unspecified atom stereocenters. The lowest BCUT2D eigenvalue weighted by molar-refractivity contribution is -0.134. The van der Waals surface area contributed by atoms with E-state index in [0.29, 0.717) is 17.3 Å². The Bertz CT molecular complexity index is 1190. The third-order valence-electron chi connectivity index (χ3n) is 5.50. The monoisotopic (exact) mass is 448 g/mol. The van der Waals surface area contributed by atoms with E-state index < -0.39 is 0 Å². The number of ether oxygens (including phenoxy) is 2. The molecule has 0 fully saturated rings. The number of rotatable bonds is 8. The molecule has 4 aromatic rings. The van der Waals surface area contributed by atoms with Gasteiger partial charge in [0.25, 0.3) is 5.91 Å². The number of aromatic nitrogens is 1. The molecule has 4 rings (SSSR count). The Morgan fingerprint density at radius 2 is 1.69 bits per heavy atom. The number of likely N-dealkylation sites (N-methyl/N-ethyl adjacent to an activating group) is 1. The first kappa shape index (κ1) is 21.8. The van der Waals surface area contributed by atoms with Crippen molar-refractivity contribution in [2.45, 2.75) is 13.0 Å². The number of benzene rings is 3. The maximum absolute atomic E-state index is 13.3. The van der Waals surface area contributed by atoms with Gasteiger partial charge in [0, 0.05) is 34.2 Å². The minimum absolute atomic E-state index is 0.0650. The first-order valence-electron chi connectivity index (χ1n) is 10.5. The lowest BCUT2D eigenvalue weighted by atomic mass is 9.96. The molecule has 1 aromatic heterocycles. The van der Waals surface area contributed by atoms with Crippen LogP contribution < -0.4 is 9.47 Å². The third kappa shape index (κ3) is 4.58. The van der Waals surface area contributed by atoms with Gasteiger partial charge in [0.1, 0.15) is 11.5 Å². The molecule has 0 saturated heterocycles. The highest BCUT2D eigenvalue weighted by atomic mass is 35.5. The largest absolute Gasteiger partial charge is 0.497 e. The Kier molecular flexibility index (Phi) is 6.66. The molecule has 0 aliphatic rings. The van der Waals surface area contributed by atoms with Gasteiger partial charge in [-0.05, 0) is 55.0 Å². The summed E-state index contributed by atoms with van der Waals surface area (Å²) in [6, 6.07) is 22.7. The number of methoxy groups -OCH3 is 1. The van der Waals surface area contributed by atoms with Gasteiger partial charge in [-0.3, -0.25) is 4.79 Å². The van der Waals surface area contributed by atoms with Crippen molar-refractivity contribution in [3.8, 4) is 11.5 Å². The van der Waals surface area contributed by atoms with Gasteiger partial charge in [0.15, 0.2) is 6.61 Å². The lowest BCUT2D eigenvalue weighted by Crippen LogP contribution is -2.38. The molecule has 1 heterocycles. The number of nitrogens with one attached hydrogen (secondary N) is 1. The standard InChI is InChI=1S/C26H25ClN2O3/c1-3-29(25(30)17-32-21-14-10-19(27)11-15-21)26(18-8-12-20(31-2)13-9-18)23-16-28-24-7-5-4-6-22(23)24/h4-16,26,28H,3,17H2,1-2H3/t26-/m0/s1. The van der Waals surface area contributed by atoms with Crippen LogP contribution in [0.15, 0.2) is 79.0 Å². The average Bonchev–Trinajstić information content (AvgIpc) is 3.26. The number of H-pyrrole nitrogens is 1. The van der Waals surface area contributed by atoms with Gasteiger partial charge in [0.2, 0.25) is 0 Å². The number of hydrogen-bond donors (Lipinski definition) is 1. The summed E-state index contributed by atoms with van der Waals surface area (Å²) in [5.74, 6) is 1.27. The molecule has 164 valence electrons. The van der Waals surface area contributed by atoms with E-state index in [1.165, 1.54) is 0 Å². The minimum Gasteiger partial charge on any atom is -0.497 e. The highest BCUT2D eigenvalue weighted by Gasteiger charge is 2.28. The molecule has 32 heavy (non-hydrogen) atoms. The van der Waals surface area contributed by atoms with Crippen LogP contribution in [0, 0.1) is 0 Å². The fourth-order valence-corrected chi connectivity index (χ4v) is 4.02. The number of carbonyl (C=O) groups is 1. The molecule has 0 aliphatic heterocycles. The van der Waals surface area contributed by atoms with Crippen molar-refractivity contribution in [2.75, 3.05) is 20.3 Å². The van der Waals surface area contributed by atoms with Crippen molar-refractivity contribution in [2.24, 2.45) is 0 Å². The second-order valence-electron chi connectivity index (χ2n) is 7.39. The van der Waals surface area contributed by atoms with E-state index in [1.54, 1.807) is 31.4 Å². The van der Waals surface area contributed by atoms with Crippen LogP contribution in [0.4, 0.5) is 0 Å². The molecular formula is C26H25ClN2O3. The molecule has 5 nitrogen and oxygen atoms in total. The summed E-state index contributed by atoms with van der Waals surface area (Å²) in [5, 5.41) is 1.70. The lowest BCUT2D eigenvalue weighted by Gasteiger charge is -2.31. The number of nitrogens with zero attached hydrogens (tertiary/aromatic N) is 1. The number of hydrogen-bond acceptors (Lipinski definition) is 3. The number of fused-ring (bicyclic) bond motifs is 1. The molecule has 1 amide bonds. The van der Waals surface area contributed by atoms with Gasteiger partial charge in [-0.2, -0.15) is 0 Å². The molecule has 0 spiro atoms. The van der Waals surface area contributed by atoms with Gasteiger partial charge in [-0.15, -0.1) is 0 Å². The molecule has 0 saturated carbocycles. The van der Waals surface area contributed by atoms with E-state index in [2.05, 4.69) is 11.1 Å². The molecule has 0 aliphatic carbocycles. The van der Waals surface area contributed by atoms with Gasteiger partial charge in [-0.25, -0.2) is 0 Å². The fourth-order valence-electron chi connectivity index (χ4n) is 3.90. The van der Waals surface area contributed by atoms with Crippen LogP contribution in [-0.2, 0) is 4.79 Å². The predicted molar refractivity (Wildman–Crippen MR) is 127 cm³/mol. The Balaban J connectivity index is 1.68. The molecule has 0 bridgehead atoms. The average molecular weight is 449 g/mol. The number of aromatic amines is 1. The Hall–Kier alpha value is -3.44. The molecule has 1 N–H and O–H groups in total. The normalized spacial score (nSPS) is 11.8. The summed E-state index contributed by atoms with van der Waals surface area (Å²) >= 11 is 5.94. The second-order valence-corrected chi connectivity index (χ2v) is 7.82. The minimum atomic E-state index is -0.275. The van der Waals surface area contributed by atoms with Crippen LogP contribution in [0.5, 0.6) is 11.5 Å². The van der Waals surface area contributed by atoms with Crippen LogP contribution in [0.1, 0.15) is 24.1 Å². The highest BCUT2D eigenvalue weighted by molar-refractivity contribution is 6.30. The van der Waals surface area contributed by atoms with Gasteiger partial charge in [-0.1, -0.05) is 41.9 Å². The van der Waals surface area contributed by atoms with Crippen molar-refractivity contribution >= 4 is 28.4 Å². The van der Waals surface area contributed by atoms with Crippen LogP contribution in [0.2, 0.25) is 5.02 Å². The first-order chi connectivity index (χ1) is 15.6. The van der Waals surface area contributed by atoms with Crippen molar-refractivity contribution in [3.63, 3.8) is 0 Å². The Morgan fingerprint density at radius 1 is 1.00 bits per heavy atom. The van der Waals surface area contributed by atoms with Crippen LogP contribution >= 0.6 is 11.6 Å². The Morgan fingerprint density at radius 3 is 2.38 bits per heavy atom.